The lowest BCUT2D eigenvalue weighted by Crippen LogP contribution is -2.53. The van der Waals surface area contributed by atoms with Crippen LogP contribution in [0.25, 0.3) is 0 Å². The van der Waals surface area contributed by atoms with E-state index in [9.17, 15) is 0 Å². The van der Waals surface area contributed by atoms with Crippen LogP contribution in [0.1, 0.15) is 6.92 Å². The van der Waals surface area contributed by atoms with Crippen LogP contribution < -0.4 is 10.6 Å². The van der Waals surface area contributed by atoms with Gasteiger partial charge in [0.25, 0.3) is 0 Å². The number of halogens is 1. The Hall–Kier alpha value is -0.980. The van der Waals surface area contributed by atoms with Crippen LogP contribution in [0.4, 0.5) is 5.82 Å². The highest BCUT2D eigenvalue weighted by molar-refractivity contribution is 7.80. The maximum Gasteiger partial charge on any atom is 0.150 e. The number of nitrogens with zero attached hydrogens (tertiary/aromatic N) is 4. The lowest BCUT2D eigenvalue weighted by molar-refractivity contribution is 0.238. The number of thiocarbonyl (C=S) groups is 1. The molecule has 1 aromatic rings. The summed E-state index contributed by atoms with van der Waals surface area (Å²) >= 11 is 11.1. The lowest BCUT2D eigenvalue weighted by Gasteiger charge is -2.38. The van der Waals surface area contributed by atoms with Crippen LogP contribution in [-0.2, 0) is 0 Å². The first-order valence-corrected chi connectivity index (χ1v) is 6.62. The van der Waals surface area contributed by atoms with Gasteiger partial charge in [-0.1, -0.05) is 23.8 Å². The summed E-state index contributed by atoms with van der Waals surface area (Å²) < 4.78 is 0. The zero-order valence-corrected chi connectivity index (χ0v) is 11.8. The maximum absolute atomic E-state index is 6.09. The van der Waals surface area contributed by atoms with E-state index in [0.717, 1.165) is 32.0 Å². The molecule has 18 heavy (non-hydrogen) atoms. The quantitative estimate of drug-likeness (QED) is 0.834. The van der Waals surface area contributed by atoms with Crippen LogP contribution in [0.5, 0.6) is 0 Å². The number of hydrogen-bond donors (Lipinski definition) is 1. The molecule has 0 amide bonds. The summed E-state index contributed by atoms with van der Waals surface area (Å²) in [4.78, 5) is 13.1. The highest BCUT2D eigenvalue weighted by atomic mass is 35.5. The standard InChI is InChI=1S/C11H16ClN5S/c1-8(10(13)18)16-2-4-17(5-3-16)11-9(12)6-14-7-15-11/h6-8H,2-5H2,1H3,(H2,13,18). The molecule has 2 rings (SSSR count). The summed E-state index contributed by atoms with van der Waals surface area (Å²) in [5.74, 6) is 0.800. The molecule has 2 heterocycles. The van der Waals surface area contributed by atoms with Crippen LogP contribution in [0.2, 0.25) is 5.02 Å². The fourth-order valence-corrected chi connectivity index (χ4v) is 2.41. The van der Waals surface area contributed by atoms with E-state index in [2.05, 4.69) is 19.8 Å². The van der Waals surface area contributed by atoms with Crippen LogP contribution >= 0.6 is 23.8 Å². The molecule has 2 N–H and O–H groups in total. The second-order valence-corrected chi connectivity index (χ2v) is 5.17. The Bertz CT molecular complexity index is 433. The number of piperazine rings is 1. The Morgan fingerprint density at radius 3 is 2.67 bits per heavy atom. The van der Waals surface area contributed by atoms with Gasteiger partial charge >= 0.3 is 0 Å². The van der Waals surface area contributed by atoms with Gasteiger partial charge < -0.3 is 10.6 Å². The minimum Gasteiger partial charge on any atom is -0.392 e. The molecule has 1 saturated heterocycles. The largest absolute Gasteiger partial charge is 0.392 e. The van der Waals surface area contributed by atoms with Crippen molar-refractivity contribution in [3.8, 4) is 0 Å². The van der Waals surface area contributed by atoms with E-state index >= 15 is 0 Å². The third-order valence-electron chi connectivity index (χ3n) is 3.22. The van der Waals surface area contributed by atoms with Gasteiger partial charge in [-0.05, 0) is 6.92 Å². The first kappa shape index (κ1) is 13.5. The van der Waals surface area contributed by atoms with E-state index < -0.39 is 0 Å². The highest BCUT2D eigenvalue weighted by Crippen LogP contribution is 2.22. The molecule has 98 valence electrons. The molecule has 1 aliphatic rings. The number of rotatable bonds is 3. The molecular weight excluding hydrogens is 270 g/mol. The first-order valence-electron chi connectivity index (χ1n) is 5.83. The molecule has 0 spiro atoms. The molecule has 7 heteroatoms. The van der Waals surface area contributed by atoms with E-state index in [1.807, 2.05) is 6.92 Å². The highest BCUT2D eigenvalue weighted by Gasteiger charge is 2.24. The van der Waals surface area contributed by atoms with Crippen molar-refractivity contribution < 1.29 is 0 Å². The topological polar surface area (TPSA) is 58.3 Å². The second kappa shape index (κ2) is 5.77. The van der Waals surface area contributed by atoms with Gasteiger partial charge in [-0.3, -0.25) is 4.90 Å². The lowest BCUT2D eigenvalue weighted by atomic mass is 10.2. The van der Waals surface area contributed by atoms with Gasteiger partial charge in [0.15, 0.2) is 5.82 Å². The molecule has 1 aromatic heterocycles. The zero-order valence-electron chi connectivity index (χ0n) is 10.2. The minimum absolute atomic E-state index is 0.142. The summed E-state index contributed by atoms with van der Waals surface area (Å²) in [6.07, 6.45) is 3.14. The van der Waals surface area contributed by atoms with Crippen molar-refractivity contribution in [1.29, 1.82) is 0 Å². The Balaban J connectivity index is 1.99. The van der Waals surface area contributed by atoms with Crippen LogP contribution in [-0.4, -0.2) is 52.1 Å². The minimum atomic E-state index is 0.142. The molecule has 1 unspecified atom stereocenters. The van der Waals surface area contributed by atoms with E-state index in [0.29, 0.717) is 10.0 Å². The Labute approximate surface area is 117 Å². The number of nitrogens with two attached hydrogens (primary N) is 1. The normalized spacial score (nSPS) is 18.7. The average molecular weight is 286 g/mol. The van der Waals surface area contributed by atoms with Gasteiger partial charge in [0.1, 0.15) is 11.3 Å². The second-order valence-electron chi connectivity index (χ2n) is 4.30. The van der Waals surface area contributed by atoms with Gasteiger partial charge in [-0.25, -0.2) is 9.97 Å². The molecule has 0 bridgehead atoms. The summed E-state index contributed by atoms with van der Waals surface area (Å²) in [5.41, 5.74) is 5.67. The summed E-state index contributed by atoms with van der Waals surface area (Å²) in [6.45, 7) is 5.57. The molecule has 1 aliphatic heterocycles. The average Bonchev–Trinajstić information content (AvgIpc) is 2.38. The van der Waals surface area contributed by atoms with Gasteiger partial charge in [0.05, 0.1) is 17.2 Å². The summed E-state index contributed by atoms with van der Waals surface area (Å²) in [5, 5.41) is 0.591. The van der Waals surface area contributed by atoms with Crippen molar-refractivity contribution in [1.82, 2.24) is 14.9 Å². The van der Waals surface area contributed by atoms with Crippen LogP contribution in [0.3, 0.4) is 0 Å². The van der Waals surface area contributed by atoms with Crippen molar-refractivity contribution in [2.75, 3.05) is 31.1 Å². The zero-order chi connectivity index (χ0) is 13.1. The molecule has 0 radical (unpaired) electrons. The van der Waals surface area contributed by atoms with Crippen LogP contribution in [0, 0.1) is 0 Å². The van der Waals surface area contributed by atoms with Gasteiger partial charge in [0, 0.05) is 26.2 Å². The van der Waals surface area contributed by atoms with E-state index in [1.165, 1.54) is 6.33 Å². The van der Waals surface area contributed by atoms with E-state index in [1.54, 1.807) is 6.20 Å². The summed E-state index contributed by atoms with van der Waals surface area (Å²) in [6, 6.07) is 0.142. The smallest absolute Gasteiger partial charge is 0.150 e. The predicted octanol–water partition coefficient (Wildman–Crippen LogP) is 0.927. The third kappa shape index (κ3) is 2.88. The fourth-order valence-electron chi connectivity index (χ4n) is 2.04. The Morgan fingerprint density at radius 1 is 1.44 bits per heavy atom. The maximum atomic E-state index is 6.09. The van der Waals surface area contributed by atoms with Gasteiger partial charge in [-0.15, -0.1) is 0 Å². The van der Waals surface area contributed by atoms with Gasteiger partial charge in [-0.2, -0.15) is 0 Å². The predicted molar refractivity (Wildman–Crippen MR) is 77.1 cm³/mol. The van der Waals surface area contributed by atoms with Crippen molar-refractivity contribution >= 4 is 34.6 Å². The molecule has 0 aromatic carbocycles. The first-order chi connectivity index (χ1) is 8.59. The Kier molecular flexibility index (Phi) is 4.31. The third-order valence-corrected chi connectivity index (χ3v) is 3.83. The van der Waals surface area contributed by atoms with E-state index in [-0.39, 0.29) is 6.04 Å². The number of hydrogen-bond acceptors (Lipinski definition) is 5. The molecule has 1 fully saturated rings. The molecule has 1 atom stereocenters. The molecule has 5 nitrogen and oxygen atoms in total. The van der Waals surface area contributed by atoms with Gasteiger partial charge in [0.2, 0.25) is 0 Å². The molecular formula is C11H16ClN5S. The number of aromatic nitrogens is 2. The SMILES string of the molecule is CC(C(N)=S)N1CCN(c2ncncc2Cl)CC1. The van der Waals surface area contributed by atoms with Crippen molar-refractivity contribution in [3.63, 3.8) is 0 Å². The summed E-state index contributed by atoms with van der Waals surface area (Å²) in [7, 11) is 0. The monoisotopic (exact) mass is 285 g/mol. The van der Waals surface area contributed by atoms with Crippen LogP contribution in [0.15, 0.2) is 12.5 Å². The molecule has 0 aliphatic carbocycles. The van der Waals surface area contributed by atoms with Crippen molar-refractivity contribution in [2.45, 2.75) is 13.0 Å². The van der Waals surface area contributed by atoms with Crippen molar-refractivity contribution in [3.05, 3.63) is 17.5 Å². The van der Waals surface area contributed by atoms with Crippen molar-refractivity contribution in [2.24, 2.45) is 5.73 Å². The molecule has 0 saturated carbocycles. The Morgan fingerprint density at radius 2 is 2.11 bits per heavy atom. The van der Waals surface area contributed by atoms with E-state index in [4.69, 9.17) is 29.6 Å². The number of anilines is 1. The fraction of sp³-hybridized carbons (Fsp3) is 0.545.